The number of carbonyl (C=O) groups excluding carboxylic acids is 1. The number of fused-ring (bicyclic) bond motifs is 1. The zero-order valence-corrected chi connectivity index (χ0v) is 13.8. The molecular weight excluding hydrogens is 305 g/mol. The molecule has 2 heterocycles. The molecule has 24 heavy (non-hydrogen) atoms. The highest BCUT2D eigenvalue weighted by atomic mass is 19.1. The van der Waals surface area contributed by atoms with Crippen LogP contribution in [0.4, 0.5) is 4.39 Å². The smallest absolute Gasteiger partial charge is 0.224 e. The molecule has 3 rings (SSSR count). The number of benzene rings is 1. The molecule has 0 saturated carbocycles. The minimum atomic E-state index is -0.254. The van der Waals surface area contributed by atoms with Crippen molar-refractivity contribution in [3.05, 3.63) is 64.9 Å². The van der Waals surface area contributed by atoms with E-state index in [0.717, 1.165) is 33.3 Å². The first-order valence-corrected chi connectivity index (χ1v) is 7.97. The van der Waals surface area contributed by atoms with Gasteiger partial charge < -0.3 is 10.3 Å². The molecule has 0 aliphatic heterocycles. The quantitative estimate of drug-likeness (QED) is 0.757. The fraction of sp³-hybridized carbons (Fsp3) is 0.263. The van der Waals surface area contributed by atoms with Crippen molar-refractivity contribution in [1.82, 2.24) is 15.3 Å². The molecule has 5 heteroatoms. The summed E-state index contributed by atoms with van der Waals surface area (Å²) in [6, 6.07) is 6.64. The third-order valence-corrected chi connectivity index (χ3v) is 4.28. The monoisotopic (exact) mass is 325 g/mol. The van der Waals surface area contributed by atoms with Gasteiger partial charge in [0.25, 0.3) is 0 Å². The van der Waals surface area contributed by atoms with Crippen LogP contribution in [0.1, 0.15) is 22.4 Å². The second-order valence-electron chi connectivity index (χ2n) is 6.00. The van der Waals surface area contributed by atoms with Crippen LogP contribution in [0.3, 0.4) is 0 Å². The lowest BCUT2D eigenvalue weighted by Gasteiger charge is -2.07. The van der Waals surface area contributed by atoms with Crippen molar-refractivity contribution in [2.75, 3.05) is 6.54 Å². The molecule has 4 nitrogen and oxygen atoms in total. The van der Waals surface area contributed by atoms with Crippen LogP contribution < -0.4 is 5.32 Å². The normalized spacial score (nSPS) is 11.0. The van der Waals surface area contributed by atoms with Gasteiger partial charge in [0.15, 0.2) is 0 Å². The summed E-state index contributed by atoms with van der Waals surface area (Å²) >= 11 is 0. The molecule has 0 saturated heterocycles. The standard InChI is InChI=1S/C19H20FN3O/c1-12-5-7-21-11-14(12)9-19(24)22-8-6-16-13(2)23-18-10-15(20)3-4-17(16)18/h3-5,7,10-11,23H,6,8-9H2,1-2H3,(H,22,24). The minimum Gasteiger partial charge on any atom is -0.358 e. The zero-order chi connectivity index (χ0) is 17.1. The van der Waals surface area contributed by atoms with Gasteiger partial charge in [0.2, 0.25) is 5.91 Å². The third-order valence-electron chi connectivity index (χ3n) is 4.28. The number of halogens is 1. The first-order valence-electron chi connectivity index (χ1n) is 7.97. The van der Waals surface area contributed by atoms with Crippen LogP contribution in [0.2, 0.25) is 0 Å². The number of carbonyl (C=O) groups is 1. The Balaban J connectivity index is 1.61. The van der Waals surface area contributed by atoms with E-state index in [1.807, 2.05) is 19.9 Å². The first kappa shape index (κ1) is 16.2. The molecule has 0 unspecified atom stereocenters. The number of pyridine rings is 1. The lowest BCUT2D eigenvalue weighted by molar-refractivity contribution is -0.120. The van der Waals surface area contributed by atoms with Crippen molar-refractivity contribution in [1.29, 1.82) is 0 Å². The Morgan fingerprint density at radius 3 is 2.92 bits per heavy atom. The van der Waals surface area contributed by atoms with Gasteiger partial charge in [-0.1, -0.05) is 0 Å². The van der Waals surface area contributed by atoms with E-state index in [9.17, 15) is 9.18 Å². The average Bonchev–Trinajstić information content (AvgIpc) is 2.84. The number of aryl methyl sites for hydroxylation is 2. The molecule has 0 bridgehead atoms. The van der Waals surface area contributed by atoms with Crippen molar-refractivity contribution in [2.24, 2.45) is 0 Å². The Hall–Kier alpha value is -2.69. The highest BCUT2D eigenvalue weighted by Crippen LogP contribution is 2.23. The number of H-pyrrole nitrogens is 1. The van der Waals surface area contributed by atoms with Crippen molar-refractivity contribution >= 4 is 16.8 Å². The fourth-order valence-corrected chi connectivity index (χ4v) is 2.93. The highest BCUT2D eigenvalue weighted by Gasteiger charge is 2.10. The molecule has 2 aromatic heterocycles. The van der Waals surface area contributed by atoms with Gasteiger partial charge in [-0.2, -0.15) is 0 Å². The van der Waals surface area contributed by atoms with Gasteiger partial charge >= 0.3 is 0 Å². The van der Waals surface area contributed by atoms with E-state index in [1.54, 1.807) is 18.5 Å². The first-order chi connectivity index (χ1) is 11.5. The lowest BCUT2D eigenvalue weighted by Crippen LogP contribution is -2.27. The van der Waals surface area contributed by atoms with E-state index >= 15 is 0 Å². The van der Waals surface area contributed by atoms with Gasteiger partial charge in [-0.25, -0.2) is 4.39 Å². The van der Waals surface area contributed by atoms with Gasteiger partial charge in [-0.15, -0.1) is 0 Å². The van der Waals surface area contributed by atoms with Gasteiger partial charge in [0.05, 0.1) is 6.42 Å². The molecule has 124 valence electrons. The molecule has 0 spiro atoms. The van der Waals surface area contributed by atoms with E-state index in [-0.39, 0.29) is 11.7 Å². The second-order valence-corrected chi connectivity index (χ2v) is 6.00. The number of rotatable bonds is 5. The lowest BCUT2D eigenvalue weighted by atomic mass is 10.1. The van der Waals surface area contributed by atoms with E-state index in [2.05, 4.69) is 15.3 Å². The largest absolute Gasteiger partial charge is 0.358 e. The van der Waals surface area contributed by atoms with Gasteiger partial charge in [-0.3, -0.25) is 9.78 Å². The average molecular weight is 325 g/mol. The summed E-state index contributed by atoms with van der Waals surface area (Å²) in [7, 11) is 0. The maximum atomic E-state index is 13.3. The second kappa shape index (κ2) is 6.83. The number of aromatic amines is 1. The summed E-state index contributed by atoms with van der Waals surface area (Å²) in [5, 5.41) is 3.95. The number of nitrogens with one attached hydrogen (secondary N) is 2. The summed E-state index contributed by atoms with van der Waals surface area (Å²) in [6.45, 7) is 4.48. The predicted octanol–water partition coefficient (Wildman–Crippen LogP) is 3.22. The van der Waals surface area contributed by atoms with Gasteiger partial charge in [0, 0.05) is 35.5 Å². The Morgan fingerprint density at radius 1 is 1.29 bits per heavy atom. The van der Waals surface area contributed by atoms with E-state index in [4.69, 9.17) is 0 Å². The number of aromatic nitrogens is 2. The maximum absolute atomic E-state index is 13.3. The van der Waals surface area contributed by atoms with Crippen LogP contribution in [0.15, 0.2) is 36.7 Å². The van der Waals surface area contributed by atoms with Crippen molar-refractivity contribution in [2.45, 2.75) is 26.7 Å². The Morgan fingerprint density at radius 2 is 2.12 bits per heavy atom. The summed E-state index contributed by atoms with van der Waals surface area (Å²) in [6.07, 6.45) is 4.49. The van der Waals surface area contributed by atoms with Crippen LogP contribution in [-0.4, -0.2) is 22.4 Å². The summed E-state index contributed by atoms with van der Waals surface area (Å²) in [5.74, 6) is -0.273. The summed E-state index contributed by atoms with van der Waals surface area (Å²) in [5.41, 5.74) is 4.92. The molecule has 1 amide bonds. The summed E-state index contributed by atoms with van der Waals surface area (Å²) in [4.78, 5) is 19.3. The zero-order valence-electron chi connectivity index (χ0n) is 13.8. The van der Waals surface area contributed by atoms with E-state index in [1.165, 1.54) is 12.1 Å². The SMILES string of the molecule is Cc1ccncc1CC(=O)NCCc1c(C)[nH]c2cc(F)ccc12. The number of hydrogen-bond donors (Lipinski definition) is 2. The van der Waals surface area contributed by atoms with Crippen molar-refractivity contribution in [3.63, 3.8) is 0 Å². The topological polar surface area (TPSA) is 57.8 Å². The fourth-order valence-electron chi connectivity index (χ4n) is 2.93. The van der Waals surface area contributed by atoms with Crippen molar-refractivity contribution in [3.8, 4) is 0 Å². The Bertz CT molecular complexity index is 885. The molecule has 1 aromatic carbocycles. The molecule has 3 aromatic rings. The van der Waals surface area contributed by atoms with Crippen LogP contribution >= 0.6 is 0 Å². The van der Waals surface area contributed by atoms with Gasteiger partial charge in [0.1, 0.15) is 5.82 Å². The molecule has 0 aliphatic rings. The highest BCUT2D eigenvalue weighted by molar-refractivity contribution is 5.85. The molecule has 2 N–H and O–H groups in total. The van der Waals surface area contributed by atoms with Crippen molar-refractivity contribution < 1.29 is 9.18 Å². The molecule has 0 atom stereocenters. The number of nitrogens with zero attached hydrogens (tertiary/aromatic N) is 1. The van der Waals surface area contributed by atoms with Crippen LogP contribution in [0, 0.1) is 19.7 Å². The van der Waals surface area contributed by atoms with Gasteiger partial charge in [-0.05, 0) is 61.2 Å². The molecular formula is C19H20FN3O. The van der Waals surface area contributed by atoms with Crippen LogP contribution in [0.25, 0.3) is 10.9 Å². The van der Waals surface area contributed by atoms with E-state index in [0.29, 0.717) is 19.4 Å². The predicted molar refractivity (Wildman–Crippen MR) is 92.4 cm³/mol. The molecule has 0 radical (unpaired) electrons. The summed E-state index contributed by atoms with van der Waals surface area (Å²) < 4.78 is 13.3. The number of amides is 1. The van der Waals surface area contributed by atoms with E-state index < -0.39 is 0 Å². The molecule has 0 aliphatic carbocycles. The Labute approximate surface area is 140 Å². The Kier molecular flexibility index (Phi) is 4.60. The van der Waals surface area contributed by atoms with Crippen LogP contribution in [-0.2, 0) is 17.6 Å². The maximum Gasteiger partial charge on any atom is 0.224 e. The molecule has 0 fully saturated rings. The third kappa shape index (κ3) is 3.45. The number of hydrogen-bond acceptors (Lipinski definition) is 2. The van der Waals surface area contributed by atoms with Crippen LogP contribution in [0.5, 0.6) is 0 Å². The minimum absolute atomic E-state index is 0.0189.